The van der Waals surface area contributed by atoms with Crippen LogP contribution in [0.2, 0.25) is 0 Å². The highest BCUT2D eigenvalue weighted by molar-refractivity contribution is 5.87. The van der Waals surface area contributed by atoms with E-state index in [0.717, 1.165) is 25.9 Å². The fourth-order valence-electron chi connectivity index (χ4n) is 2.29. The molecule has 0 radical (unpaired) electrons. The first kappa shape index (κ1) is 10.9. The first-order valence-corrected chi connectivity index (χ1v) is 5.77. The van der Waals surface area contributed by atoms with Crippen molar-refractivity contribution in [1.82, 2.24) is 4.90 Å². The SMILES string of the molecule is C=CC(=O)N1CCC(c2ccccc2)CC1. The number of likely N-dealkylation sites (tertiary alicyclic amines) is 1. The number of benzene rings is 1. The normalized spacial score (nSPS) is 17.1. The van der Waals surface area contributed by atoms with E-state index in [1.807, 2.05) is 11.0 Å². The zero-order valence-corrected chi connectivity index (χ0v) is 9.43. The molecule has 0 unspecified atom stereocenters. The van der Waals surface area contributed by atoms with Crippen molar-refractivity contribution in [1.29, 1.82) is 0 Å². The minimum Gasteiger partial charge on any atom is -0.339 e. The van der Waals surface area contributed by atoms with Crippen LogP contribution in [0.15, 0.2) is 43.0 Å². The van der Waals surface area contributed by atoms with E-state index < -0.39 is 0 Å². The van der Waals surface area contributed by atoms with Gasteiger partial charge >= 0.3 is 0 Å². The van der Waals surface area contributed by atoms with Crippen LogP contribution in [0.5, 0.6) is 0 Å². The standard InChI is InChI=1S/C14H17NO/c1-2-14(16)15-10-8-13(9-11-15)12-6-4-3-5-7-12/h2-7,13H,1,8-11H2. The molecule has 0 saturated carbocycles. The molecule has 0 aliphatic carbocycles. The lowest BCUT2D eigenvalue weighted by atomic mass is 9.89. The average Bonchev–Trinajstić information content (AvgIpc) is 2.39. The fraction of sp³-hybridized carbons (Fsp3) is 0.357. The Bertz CT molecular complexity index is 364. The van der Waals surface area contributed by atoms with E-state index in [1.54, 1.807) is 0 Å². The van der Waals surface area contributed by atoms with Crippen molar-refractivity contribution in [2.24, 2.45) is 0 Å². The number of piperidine rings is 1. The second-order valence-electron chi connectivity index (χ2n) is 4.21. The number of carbonyl (C=O) groups excluding carboxylic acids is 1. The maximum atomic E-state index is 11.4. The number of rotatable bonds is 2. The number of hydrogen-bond donors (Lipinski definition) is 0. The lowest BCUT2D eigenvalue weighted by Gasteiger charge is -2.31. The van der Waals surface area contributed by atoms with Crippen LogP contribution in [-0.2, 0) is 4.79 Å². The third-order valence-corrected chi connectivity index (χ3v) is 3.25. The largest absolute Gasteiger partial charge is 0.339 e. The second-order valence-corrected chi connectivity index (χ2v) is 4.21. The van der Waals surface area contributed by atoms with Crippen LogP contribution in [0.3, 0.4) is 0 Å². The van der Waals surface area contributed by atoms with E-state index in [4.69, 9.17) is 0 Å². The summed E-state index contributed by atoms with van der Waals surface area (Å²) in [6, 6.07) is 10.6. The summed E-state index contributed by atoms with van der Waals surface area (Å²) in [5.74, 6) is 0.668. The van der Waals surface area contributed by atoms with Gasteiger partial charge in [0.25, 0.3) is 0 Å². The van der Waals surface area contributed by atoms with Gasteiger partial charge in [0.2, 0.25) is 5.91 Å². The second kappa shape index (κ2) is 4.97. The summed E-state index contributed by atoms with van der Waals surface area (Å²) < 4.78 is 0. The Labute approximate surface area is 96.6 Å². The molecule has 1 heterocycles. The summed E-state index contributed by atoms with van der Waals surface area (Å²) in [5, 5.41) is 0. The predicted octanol–water partition coefficient (Wildman–Crippen LogP) is 2.58. The van der Waals surface area contributed by atoms with Gasteiger partial charge in [-0.1, -0.05) is 36.9 Å². The summed E-state index contributed by atoms with van der Waals surface area (Å²) in [7, 11) is 0. The zero-order valence-electron chi connectivity index (χ0n) is 9.43. The van der Waals surface area contributed by atoms with E-state index in [9.17, 15) is 4.79 Å². The van der Waals surface area contributed by atoms with Crippen molar-refractivity contribution in [3.63, 3.8) is 0 Å². The molecule has 16 heavy (non-hydrogen) atoms. The summed E-state index contributed by atoms with van der Waals surface area (Å²) in [6.45, 7) is 5.22. The van der Waals surface area contributed by atoms with Gasteiger partial charge in [-0.25, -0.2) is 0 Å². The minimum atomic E-state index is 0.0616. The quantitative estimate of drug-likeness (QED) is 0.694. The van der Waals surface area contributed by atoms with Gasteiger partial charge in [-0.15, -0.1) is 0 Å². The highest BCUT2D eigenvalue weighted by Gasteiger charge is 2.21. The molecule has 84 valence electrons. The Balaban J connectivity index is 1.95. The van der Waals surface area contributed by atoms with Gasteiger partial charge in [0.05, 0.1) is 0 Å². The molecule has 2 heteroatoms. The van der Waals surface area contributed by atoms with Crippen molar-refractivity contribution in [2.45, 2.75) is 18.8 Å². The Morgan fingerprint density at radius 2 is 1.88 bits per heavy atom. The van der Waals surface area contributed by atoms with Gasteiger partial charge < -0.3 is 4.90 Å². The van der Waals surface area contributed by atoms with Crippen molar-refractivity contribution < 1.29 is 4.79 Å². The van der Waals surface area contributed by atoms with E-state index in [0.29, 0.717) is 5.92 Å². The van der Waals surface area contributed by atoms with Crippen molar-refractivity contribution in [3.8, 4) is 0 Å². The van der Waals surface area contributed by atoms with E-state index >= 15 is 0 Å². The molecule has 2 rings (SSSR count). The Morgan fingerprint density at radius 3 is 2.44 bits per heavy atom. The van der Waals surface area contributed by atoms with Crippen molar-refractivity contribution >= 4 is 5.91 Å². The number of carbonyl (C=O) groups is 1. The molecule has 0 spiro atoms. The Morgan fingerprint density at radius 1 is 1.25 bits per heavy atom. The maximum Gasteiger partial charge on any atom is 0.245 e. The number of hydrogen-bond acceptors (Lipinski definition) is 1. The topological polar surface area (TPSA) is 20.3 Å². The summed E-state index contributed by atoms with van der Waals surface area (Å²) >= 11 is 0. The molecule has 1 fully saturated rings. The smallest absolute Gasteiger partial charge is 0.245 e. The van der Waals surface area contributed by atoms with Gasteiger partial charge in [-0.3, -0.25) is 4.79 Å². The van der Waals surface area contributed by atoms with Crippen LogP contribution in [0.4, 0.5) is 0 Å². The van der Waals surface area contributed by atoms with Crippen LogP contribution in [-0.4, -0.2) is 23.9 Å². The molecule has 1 aromatic carbocycles. The molecular formula is C14H17NO. The molecule has 0 N–H and O–H groups in total. The number of nitrogens with zero attached hydrogens (tertiary/aromatic N) is 1. The van der Waals surface area contributed by atoms with Crippen LogP contribution >= 0.6 is 0 Å². The van der Waals surface area contributed by atoms with Crippen LogP contribution in [0.25, 0.3) is 0 Å². The van der Waals surface area contributed by atoms with Gasteiger partial charge in [0.15, 0.2) is 0 Å². The molecule has 1 aliphatic heterocycles. The van der Waals surface area contributed by atoms with Crippen molar-refractivity contribution in [2.75, 3.05) is 13.1 Å². The van der Waals surface area contributed by atoms with Gasteiger partial charge in [0, 0.05) is 13.1 Å². The van der Waals surface area contributed by atoms with E-state index in [-0.39, 0.29) is 5.91 Å². The minimum absolute atomic E-state index is 0.0616. The van der Waals surface area contributed by atoms with Gasteiger partial charge in [-0.2, -0.15) is 0 Å². The van der Waals surface area contributed by atoms with E-state index in [1.165, 1.54) is 11.6 Å². The monoisotopic (exact) mass is 215 g/mol. The predicted molar refractivity (Wildman–Crippen MR) is 65.2 cm³/mol. The molecule has 1 amide bonds. The zero-order chi connectivity index (χ0) is 11.4. The van der Waals surface area contributed by atoms with Crippen LogP contribution in [0.1, 0.15) is 24.3 Å². The highest BCUT2D eigenvalue weighted by atomic mass is 16.2. The molecule has 1 aromatic rings. The highest BCUT2D eigenvalue weighted by Crippen LogP contribution is 2.27. The molecule has 2 nitrogen and oxygen atoms in total. The molecule has 0 aromatic heterocycles. The lowest BCUT2D eigenvalue weighted by Crippen LogP contribution is -2.36. The fourth-order valence-corrected chi connectivity index (χ4v) is 2.29. The van der Waals surface area contributed by atoms with Gasteiger partial charge in [-0.05, 0) is 30.4 Å². The third kappa shape index (κ3) is 2.32. The van der Waals surface area contributed by atoms with Crippen LogP contribution in [0, 0.1) is 0 Å². The number of amides is 1. The first-order chi connectivity index (χ1) is 7.81. The molecule has 0 bridgehead atoms. The van der Waals surface area contributed by atoms with Crippen LogP contribution < -0.4 is 0 Å². The van der Waals surface area contributed by atoms with Gasteiger partial charge in [0.1, 0.15) is 0 Å². The summed E-state index contributed by atoms with van der Waals surface area (Å²) in [6.07, 6.45) is 3.52. The lowest BCUT2D eigenvalue weighted by molar-refractivity contribution is -0.127. The Hall–Kier alpha value is -1.57. The molecule has 1 saturated heterocycles. The first-order valence-electron chi connectivity index (χ1n) is 5.77. The average molecular weight is 215 g/mol. The van der Waals surface area contributed by atoms with Crippen molar-refractivity contribution in [3.05, 3.63) is 48.6 Å². The van der Waals surface area contributed by atoms with E-state index in [2.05, 4.69) is 30.8 Å². The third-order valence-electron chi connectivity index (χ3n) is 3.25. The Kier molecular flexibility index (Phi) is 3.40. The maximum absolute atomic E-state index is 11.4. The summed E-state index contributed by atoms with van der Waals surface area (Å²) in [5.41, 5.74) is 1.40. The molecule has 1 aliphatic rings. The summed E-state index contributed by atoms with van der Waals surface area (Å²) in [4.78, 5) is 13.3. The molecule has 0 atom stereocenters. The molecular weight excluding hydrogens is 198 g/mol.